The number of nitrogens with one attached hydrogen (secondary N) is 2. The summed E-state index contributed by atoms with van der Waals surface area (Å²) in [5.41, 5.74) is 10.6. The summed E-state index contributed by atoms with van der Waals surface area (Å²) in [5.74, 6) is -1.26. The lowest BCUT2D eigenvalue weighted by atomic mass is 10.1. The summed E-state index contributed by atoms with van der Waals surface area (Å²) in [6.07, 6.45) is 4.26. The molecule has 0 unspecified atom stereocenters. The predicted molar refractivity (Wildman–Crippen MR) is 328 cm³/mol. The van der Waals surface area contributed by atoms with Crippen molar-refractivity contribution >= 4 is 143 Å². The van der Waals surface area contributed by atoms with Crippen molar-refractivity contribution in [1.29, 1.82) is 0 Å². The lowest BCUT2D eigenvalue weighted by molar-refractivity contribution is -0.672. The molecule has 2 aromatic heterocycles. The number of benzene rings is 6. The van der Waals surface area contributed by atoms with Gasteiger partial charge in [-0.05, 0) is 138 Å². The van der Waals surface area contributed by atoms with Crippen LogP contribution in [0, 0.1) is 20.8 Å². The Hall–Kier alpha value is -6.53. The third-order valence-corrected chi connectivity index (χ3v) is 18.6. The second-order valence-electron chi connectivity index (χ2n) is 19.7. The summed E-state index contributed by atoms with van der Waals surface area (Å²) in [6, 6.07) is 40.5. The zero-order valence-electron chi connectivity index (χ0n) is 45.4. The lowest BCUT2D eigenvalue weighted by Gasteiger charge is -2.29. The first-order valence-electron chi connectivity index (χ1n) is 26.1. The molecule has 18 heteroatoms. The third-order valence-electron chi connectivity index (χ3n) is 13.6. The Kier molecular flexibility index (Phi) is 18.3. The fraction of sp³-hybridized carbons (Fsp3) is 0.262. The number of thiazole rings is 2. The van der Waals surface area contributed by atoms with Crippen molar-refractivity contribution in [2.45, 2.75) is 77.4 Å². The number of carboxylic acids is 1. The van der Waals surface area contributed by atoms with Gasteiger partial charge in [-0.3, -0.25) is 14.9 Å². The summed E-state index contributed by atoms with van der Waals surface area (Å²) in [6.45, 7) is 17.2. The smallest absolute Gasteiger partial charge is 0.267 e. The molecule has 8 aromatic rings. The Morgan fingerprint density at radius 3 is 1.92 bits per heavy atom. The van der Waals surface area contributed by atoms with E-state index in [1.807, 2.05) is 60.4 Å². The Labute approximate surface area is 488 Å². The lowest BCUT2D eigenvalue weighted by Crippen LogP contribution is -2.47. The molecule has 0 radical (unpaired) electrons. The zero-order chi connectivity index (χ0) is 56.1. The highest BCUT2D eigenvalue weighted by Crippen LogP contribution is 2.48. The zero-order valence-corrected chi connectivity index (χ0v) is 50.2. The monoisotopic (exact) mass is 1170 g/mol. The van der Waals surface area contributed by atoms with E-state index in [9.17, 15) is 19.5 Å². The number of anilines is 4. The molecule has 408 valence electrons. The van der Waals surface area contributed by atoms with Crippen LogP contribution in [0.25, 0.3) is 32.6 Å². The van der Waals surface area contributed by atoms with Gasteiger partial charge in [0.1, 0.15) is 16.4 Å². The topological polar surface area (TPSA) is 119 Å². The highest BCUT2D eigenvalue weighted by atomic mass is 35.5. The number of rotatable bonds is 17. The largest absolute Gasteiger partial charge is 0.550 e. The molecular weight excluding hydrogens is 1110 g/mol. The molecule has 6 aromatic carbocycles. The van der Waals surface area contributed by atoms with Crippen molar-refractivity contribution in [3.63, 3.8) is 0 Å². The van der Waals surface area contributed by atoms with Crippen LogP contribution >= 0.6 is 69.4 Å². The number of hydrogen-bond donors (Lipinski definition) is 2. The number of thioether (sulfide) groups is 2. The van der Waals surface area contributed by atoms with Gasteiger partial charge in [-0.15, -0.1) is 0 Å². The number of aromatic nitrogens is 2. The number of carboxylic acid groups (broad SMARTS) is 1. The van der Waals surface area contributed by atoms with Crippen molar-refractivity contribution in [2.24, 2.45) is 7.05 Å². The van der Waals surface area contributed by atoms with Crippen LogP contribution in [0.15, 0.2) is 141 Å². The van der Waals surface area contributed by atoms with Crippen molar-refractivity contribution in [2.75, 3.05) is 52.4 Å². The maximum Gasteiger partial charge on any atom is 0.267 e. The number of carbonyl (C=O) groups excluding carboxylic acids is 3. The molecule has 0 atom stereocenters. The van der Waals surface area contributed by atoms with Gasteiger partial charge in [0.05, 0.1) is 53.3 Å². The molecule has 12 nitrogen and oxygen atoms in total. The van der Waals surface area contributed by atoms with Crippen LogP contribution in [0.2, 0.25) is 10.0 Å². The first-order chi connectivity index (χ1) is 37.9. The highest BCUT2D eigenvalue weighted by molar-refractivity contribution is 8.04. The average Bonchev–Trinajstić information content (AvgIpc) is 4.25. The van der Waals surface area contributed by atoms with Gasteiger partial charge in [0.15, 0.2) is 0 Å². The molecule has 0 fully saturated rings. The minimum Gasteiger partial charge on any atom is -0.550 e. The van der Waals surface area contributed by atoms with E-state index in [1.165, 1.54) is 37.5 Å². The van der Waals surface area contributed by atoms with Gasteiger partial charge in [0.2, 0.25) is 29.5 Å². The molecule has 4 heterocycles. The predicted octanol–water partition coefficient (Wildman–Crippen LogP) is 11.9. The van der Waals surface area contributed by atoms with Crippen molar-refractivity contribution in [3.8, 4) is 0 Å². The Balaban J connectivity index is 0.000000192. The van der Waals surface area contributed by atoms with Gasteiger partial charge < -0.3 is 34.8 Å². The van der Waals surface area contributed by atoms with Crippen molar-refractivity contribution in [1.82, 2.24) is 10.6 Å². The normalized spacial score (nSPS) is 13.8. The number of carbonyl (C=O) groups is 3. The second-order valence-corrected chi connectivity index (χ2v) is 24.8. The van der Waals surface area contributed by atoms with Crippen molar-refractivity contribution in [3.05, 3.63) is 174 Å². The van der Waals surface area contributed by atoms with Crippen molar-refractivity contribution < 1.29 is 28.6 Å². The number of amides is 2. The van der Waals surface area contributed by atoms with E-state index in [0.29, 0.717) is 35.5 Å². The Bertz CT molecular complexity index is 3640. The Morgan fingerprint density at radius 1 is 0.658 bits per heavy atom. The van der Waals surface area contributed by atoms with Gasteiger partial charge in [-0.25, -0.2) is 0 Å². The van der Waals surface area contributed by atoms with Crippen LogP contribution in [0.5, 0.6) is 0 Å². The summed E-state index contributed by atoms with van der Waals surface area (Å²) in [7, 11) is 2.10. The van der Waals surface area contributed by atoms with Crippen LogP contribution in [-0.2, 0) is 34.5 Å². The fourth-order valence-corrected chi connectivity index (χ4v) is 14.3. The van der Waals surface area contributed by atoms with E-state index >= 15 is 0 Å². The minimum atomic E-state index is -1.12. The number of fused-ring (bicyclic) bond motifs is 4. The number of halogens is 2. The highest BCUT2D eigenvalue weighted by Gasteiger charge is 2.30. The average molecular weight is 1170 g/mol. The molecule has 2 aliphatic rings. The van der Waals surface area contributed by atoms with Gasteiger partial charge >= 0.3 is 0 Å². The molecule has 2 amide bonds. The molecule has 2 aliphatic heterocycles. The van der Waals surface area contributed by atoms with Crippen LogP contribution in [-0.4, -0.2) is 56.7 Å². The minimum absolute atomic E-state index is 0.0259. The number of likely N-dealkylation sites (N-methyl/N-ethyl adjacent to an activating group) is 1. The van der Waals surface area contributed by atoms with Gasteiger partial charge in [0, 0.05) is 74.9 Å². The van der Waals surface area contributed by atoms with Gasteiger partial charge in [-0.2, -0.15) is 9.13 Å². The third kappa shape index (κ3) is 13.6. The molecule has 0 spiro atoms. The van der Waals surface area contributed by atoms with Crippen LogP contribution in [0.3, 0.4) is 0 Å². The van der Waals surface area contributed by atoms with Gasteiger partial charge in [-0.1, -0.05) is 111 Å². The number of nitrogens with zero attached hydrogens (tertiary/aromatic N) is 6. The fourth-order valence-electron chi connectivity index (χ4n) is 9.41. The quantitative estimate of drug-likeness (QED) is 0.0853. The molecular formula is C61H63Cl2N8O4S4+. The first-order valence-corrected chi connectivity index (χ1v) is 30.1. The summed E-state index contributed by atoms with van der Waals surface area (Å²) in [5, 5.41) is 22.8. The molecule has 2 N–H and O–H groups in total. The summed E-state index contributed by atoms with van der Waals surface area (Å²) in [4.78, 5) is 48.1. The molecule has 10 rings (SSSR count). The van der Waals surface area contributed by atoms with E-state index < -0.39 is 5.97 Å². The van der Waals surface area contributed by atoms with E-state index in [-0.39, 0.29) is 37.4 Å². The summed E-state index contributed by atoms with van der Waals surface area (Å²) < 4.78 is 6.67. The number of aryl methyl sites for hydroxylation is 4. The van der Waals surface area contributed by atoms with Crippen LogP contribution in [0.4, 0.5) is 22.7 Å². The maximum atomic E-state index is 13.2. The molecule has 79 heavy (non-hydrogen) atoms. The second kappa shape index (κ2) is 25.3. The maximum absolute atomic E-state index is 13.2. The van der Waals surface area contributed by atoms with E-state index in [4.69, 9.17) is 23.2 Å². The standard InChI is InChI=1S/C31H31ClN4O3S2.C30H31ClN4OS2/c1-4-34(23-10-7-21(8-11-23)15-31(38)39)18-28(37)33-19-36-25-16-22(32)9-13-27(25)41-30(36)17-29-35(5-2)24-14-20(3)6-12-26(24)40-29;1-19(2)34(23-10-6-20(3)7-11-23)17-28(36)32-18-35-25-15-22(31)9-13-27(25)38-30(35)16-29-33(5)24-14-21(4)8-12-26(24)37-29/h6-14,16-17H,4-5,15,18-19H2,1-3H3,(H-,33,37,38,39);6-16,19H,17-18H2,1-5H3/p+1. The van der Waals surface area contributed by atoms with Crippen LogP contribution in [0.1, 0.15) is 60.0 Å². The number of aliphatic carboxylic acids is 1. The molecule has 0 saturated carbocycles. The Morgan fingerprint density at radius 2 is 1.23 bits per heavy atom. The SMILES string of the molecule is CCN(CC(=O)NC[n+]1c(/C=C2\Sc3ccc(C)cc3N2CC)sc2ccc(Cl)cc21)c1ccc(CC(=O)[O-])cc1.Cc1ccc(N(CC(=O)NCN2C(=Cc3sc4ccc(C)cc4[n+]3C)Sc3ccc(Cl)cc32)C(C)C)cc1. The van der Waals surface area contributed by atoms with E-state index in [1.54, 1.807) is 58.3 Å². The van der Waals surface area contributed by atoms with E-state index in [2.05, 4.69) is 156 Å². The number of hydrogen-bond acceptors (Lipinski definition) is 12. The molecule has 0 saturated heterocycles. The van der Waals surface area contributed by atoms with Gasteiger partial charge in [0.25, 0.3) is 10.0 Å². The first kappa shape index (κ1) is 57.2. The van der Waals surface area contributed by atoms with E-state index in [0.717, 1.165) is 58.8 Å². The van der Waals surface area contributed by atoms with Crippen LogP contribution < -0.4 is 44.5 Å². The summed E-state index contributed by atoms with van der Waals surface area (Å²) >= 11 is 19.7. The molecule has 0 bridgehead atoms. The molecule has 0 aliphatic carbocycles.